The molecule has 2 rings (SSSR count). The zero-order valence-corrected chi connectivity index (χ0v) is 13.6. The number of sulfonamides is 1. The summed E-state index contributed by atoms with van der Waals surface area (Å²) < 4.78 is 33.3. The Labute approximate surface area is 129 Å². The number of hydrogen-bond donors (Lipinski definition) is 0. The molecule has 2 aromatic rings. The van der Waals surface area contributed by atoms with Gasteiger partial charge in [0.25, 0.3) is 10.0 Å². The standard InChI is InChI=1S/C14H17ClN2O3S/c1-16-10-14(8-12(16)9-15)21(18,19)17(2)11-5-4-6-13(7-11)20-3/h4-8,10H,9H2,1-3H3. The number of methoxy groups -OCH3 is 1. The molecule has 1 heterocycles. The smallest absolute Gasteiger partial charge is 0.265 e. The van der Waals surface area contributed by atoms with E-state index in [4.69, 9.17) is 16.3 Å². The molecular formula is C14H17ClN2O3S. The van der Waals surface area contributed by atoms with E-state index >= 15 is 0 Å². The highest BCUT2D eigenvalue weighted by Crippen LogP contribution is 2.26. The summed E-state index contributed by atoms with van der Waals surface area (Å²) in [5.74, 6) is 0.860. The van der Waals surface area contributed by atoms with Gasteiger partial charge >= 0.3 is 0 Å². The summed E-state index contributed by atoms with van der Waals surface area (Å²) in [5.41, 5.74) is 1.28. The fraction of sp³-hybridized carbons (Fsp3) is 0.286. The van der Waals surface area contributed by atoms with Crippen molar-refractivity contribution < 1.29 is 13.2 Å². The lowest BCUT2D eigenvalue weighted by Crippen LogP contribution is -2.26. The molecule has 0 saturated heterocycles. The predicted molar refractivity (Wildman–Crippen MR) is 83.6 cm³/mol. The molecular weight excluding hydrogens is 312 g/mol. The number of halogens is 1. The molecule has 114 valence electrons. The highest BCUT2D eigenvalue weighted by Gasteiger charge is 2.23. The molecule has 0 aliphatic heterocycles. The van der Waals surface area contributed by atoms with Gasteiger partial charge in [-0.2, -0.15) is 0 Å². The Morgan fingerprint density at radius 2 is 2.05 bits per heavy atom. The van der Waals surface area contributed by atoms with Gasteiger partial charge in [0, 0.05) is 32.1 Å². The molecule has 21 heavy (non-hydrogen) atoms. The Bertz CT molecular complexity index is 740. The van der Waals surface area contributed by atoms with Crippen LogP contribution in [-0.4, -0.2) is 27.1 Å². The quantitative estimate of drug-likeness (QED) is 0.793. The van der Waals surface area contributed by atoms with Crippen LogP contribution in [0.4, 0.5) is 5.69 Å². The molecule has 1 aromatic heterocycles. The second-order valence-electron chi connectivity index (χ2n) is 4.59. The SMILES string of the molecule is COc1cccc(N(C)S(=O)(=O)c2cc(CCl)n(C)c2)c1. The van der Waals surface area contributed by atoms with Crippen LogP contribution < -0.4 is 9.04 Å². The van der Waals surface area contributed by atoms with Crippen molar-refractivity contribution in [3.63, 3.8) is 0 Å². The van der Waals surface area contributed by atoms with Crippen molar-refractivity contribution in [1.82, 2.24) is 4.57 Å². The molecule has 0 spiro atoms. The van der Waals surface area contributed by atoms with E-state index in [9.17, 15) is 8.42 Å². The molecule has 5 nitrogen and oxygen atoms in total. The lowest BCUT2D eigenvalue weighted by atomic mass is 10.3. The average molecular weight is 329 g/mol. The van der Waals surface area contributed by atoms with E-state index in [1.807, 2.05) is 0 Å². The largest absolute Gasteiger partial charge is 0.497 e. The lowest BCUT2D eigenvalue weighted by molar-refractivity contribution is 0.415. The van der Waals surface area contributed by atoms with Crippen molar-refractivity contribution in [2.45, 2.75) is 10.8 Å². The molecule has 1 aromatic carbocycles. The molecule has 0 aliphatic carbocycles. The van der Waals surface area contributed by atoms with Gasteiger partial charge in [0.2, 0.25) is 0 Å². The third-order valence-corrected chi connectivity index (χ3v) is 5.32. The number of hydrogen-bond acceptors (Lipinski definition) is 3. The molecule has 0 saturated carbocycles. The zero-order chi connectivity index (χ0) is 15.6. The van der Waals surface area contributed by atoms with Crippen LogP contribution in [-0.2, 0) is 23.0 Å². The van der Waals surface area contributed by atoms with Gasteiger partial charge < -0.3 is 9.30 Å². The Kier molecular flexibility index (Phi) is 4.49. The van der Waals surface area contributed by atoms with E-state index in [0.29, 0.717) is 11.4 Å². The maximum atomic E-state index is 12.6. The van der Waals surface area contributed by atoms with Crippen LogP contribution in [0.1, 0.15) is 5.69 Å². The third-order valence-electron chi connectivity index (χ3n) is 3.30. The first-order valence-corrected chi connectivity index (χ1v) is 8.22. The number of aryl methyl sites for hydroxylation is 1. The van der Waals surface area contributed by atoms with Crippen LogP contribution in [0.5, 0.6) is 5.75 Å². The number of aromatic nitrogens is 1. The minimum atomic E-state index is -3.63. The van der Waals surface area contributed by atoms with Crippen molar-refractivity contribution >= 4 is 27.3 Å². The van der Waals surface area contributed by atoms with Gasteiger partial charge in [-0.1, -0.05) is 6.07 Å². The molecule has 0 bridgehead atoms. The molecule has 0 aliphatic rings. The minimum absolute atomic E-state index is 0.214. The second kappa shape index (κ2) is 5.99. The fourth-order valence-electron chi connectivity index (χ4n) is 1.95. The van der Waals surface area contributed by atoms with Gasteiger partial charge in [-0.15, -0.1) is 11.6 Å². The summed E-state index contributed by atoms with van der Waals surface area (Å²) in [6, 6.07) is 8.47. The van der Waals surface area contributed by atoms with Gasteiger partial charge in [-0.3, -0.25) is 4.31 Å². The van der Waals surface area contributed by atoms with Crippen molar-refractivity contribution in [2.24, 2.45) is 7.05 Å². The van der Waals surface area contributed by atoms with Crippen molar-refractivity contribution in [2.75, 3.05) is 18.5 Å². The van der Waals surface area contributed by atoms with E-state index in [0.717, 1.165) is 5.69 Å². The summed E-state index contributed by atoms with van der Waals surface area (Å²) in [6.45, 7) is 0. The topological polar surface area (TPSA) is 51.5 Å². The first-order valence-electron chi connectivity index (χ1n) is 6.24. The van der Waals surface area contributed by atoms with Gasteiger partial charge in [0.15, 0.2) is 0 Å². The Morgan fingerprint density at radius 1 is 1.33 bits per heavy atom. The summed E-state index contributed by atoms with van der Waals surface area (Å²) >= 11 is 5.79. The molecule has 0 radical (unpaired) electrons. The number of ether oxygens (including phenoxy) is 1. The number of nitrogens with zero attached hydrogens (tertiary/aromatic N) is 2. The van der Waals surface area contributed by atoms with Crippen LogP contribution in [0.15, 0.2) is 41.4 Å². The Hall–Kier alpha value is -1.66. The maximum absolute atomic E-state index is 12.6. The zero-order valence-electron chi connectivity index (χ0n) is 12.1. The molecule has 7 heteroatoms. The Morgan fingerprint density at radius 3 is 2.62 bits per heavy atom. The third kappa shape index (κ3) is 3.01. The van der Waals surface area contributed by atoms with Crippen LogP contribution in [0.25, 0.3) is 0 Å². The van der Waals surface area contributed by atoms with Gasteiger partial charge in [-0.05, 0) is 18.2 Å². The first-order chi connectivity index (χ1) is 9.90. The van der Waals surface area contributed by atoms with Gasteiger partial charge in [0.05, 0.1) is 18.7 Å². The van der Waals surface area contributed by atoms with E-state index in [-0.39, 0.29) is 10.8 Å². The molecule has 0 unspecified atom stereocenters. The highest BCUT2D eigenvalue weighted by molar-refractivity contribution is 7.92. The van der Waals surface area contributed by atoms with E-state index < -0.39 is 10.0 Å². The van der Waals surface area contributed by atoms with Crippen LogP contribution in [0.3, 0.4) is 0 Å². The second-order valence-corrected chi connectivity index (χ2v) is 6.82. The van der Waals surface area contributed by atoms with E-state index in [1.165, 1.54) is 18.5 Å². The summed E-state index contributed by atoms with van der Waals surface area (Å²) in [7, 11) is 1.19. The molecule has 0 fully saturated rings. The summed E-state index contributed by atoms with van der Waals surface area (Å²) in [4.78, 5) is 0.214. The fourth-order valence-corrected chi connectivity index (χ4v) is 3.50. The summed E-state index contributed by atoms with van der Waals surface area (Å²) in [5, 5.41) is 0. The van der Waals surface area contributed by atoms with Gasteiger partial charge in [-0.25, -0.2) is 8.42 Å². The lowest BCUT2D eigenvalue weighted by Gasteiger charge is -2.19. The van der Waals surface area contributed by atoms with Crippen LogP contribution in [0, 0.1) is 0 Å². The van der Waals surface area contributed by atoms with Crippen molar-refractivity contribution in [3.8, 4) is 5.75 Å². The number of rotatable bonds is 5. The van der Waals surface area contributed by atoms with E-state index in [2.05, 4.69) is 0 Å². The molecule has 0 amide bonds. The number of alkyl halides is 1. The summed E-state index contributed by atoms with van der Waals surface area (Å²) in [6.07, 6.45) is 1.56. The molecule has 0 N–H and O–H groups in total. The molecule has 0 atom stereocenters. The average Bonchev–Trinajstić information content (AvgIpc) is 2.88. The Balaban J connectivity index is 2.41. The van der Waals surface area contributed by atoms with Crippen LogP contribution >= 0.6 is 11.6 Å². The normalized spacial score (nSPS) is 11.4. The van der Waals surface area contributed by atoms with Crippen molar-refractivity contribution in [1.29, 1.82) is 0 Å². The van der Waals surface area contributed by atoms with Gasteiger partial charge in [0.1, 0.15) is 10.6 Å². The van der Waals surface area contributed by atoms with E-state index in [1.54, 1.807) is 48.1 Å². The maximum Gasteiger partial charge on any atom is 0.265 e. The van der Waals surface area contributed by atoms with Crippen LogP contribution in [0.2, 0.25) is 0 Å². The first kappa shape index (κ1) is 15.7. The minimum Gasteiger partial charge on any atom is -0.497 e. The van der Waals surface area contributed by atoms with Crippen molar-refractivity contribution in [3.05, 3.63) is 42.2 Å². The monoisotopic (exact) mass is 328 g/mol. The predicted octanol–water partition coefficient (Wildman–Crippen LogP) is 2.60. The number of anilines is 1. The highest BCUT2D eigenvalue weighted by atomic mass is 35.5. The number of benzene rings is 1.